The van der Waals surface area contributed by atoms with E-state index in [1.807, 2.05) is 0 Å². The van der Waals surface area contributed by atoms with Gasteiger partial charge in [-0.05, 0) is 6.07 Å². The van der Waals surface area contributed by atoms with Crippen molar-refractivity contribution in [2.75, 3.05) is 32.8 Å². The Morgan fingerprint density at radius 3 is 2.81 bits per heavy atom. The van der Waals surface area contributed by atoms with Gasteiger partial charge in [0.25, 0.3) is 0 Å². The summed E-state index contributed by atoms with van der Waals surface area (Å²) in [6.45, 7) is 2.64. The highest BCUT2D eigenvalue weighted by Gasteiger charge is 2.21. The first-order valence-electron chi connectivity index (χ1n) is 6.64. The van der Waals surface area contributed by atoms with Crippen LogP contribution in [0.2, 0.25) is 0 Å². The van der Waals surface area contributed by atoms with Crippen LogP contribution < -0.4 is 10.1 Å². The van der Waals surface area contributed by atoms with Crippen LogP contribution in [-0.4, -0.2) is 48.5 Å². The Hall–Kier alpha value is -2.22. The number of piperazine rings is 1. The Morgan fingerprint density at radius 1 is 1.43 bits per heavy atom. The molecule has 8 heteroatoms. The Kier molecular flexibility index (Phi) is 5.04. The third-order valence-electron chi connectivity index (χ3n) is 3.17. The summed E-state index contributed by atoms with van der Waals surface area (Å²) in [4.78, 5) is 23.7. The quantitative estimate of drug-likeness (QED) is 0.645. The molecule has 1 aliphatic rings. The zero-order chi connectivity index (χ0) is 15.2. The highest BCUT2D eigenvalue weighted by Crippen LogP contribution is 2.29. The van der Waals surface area contributed by atoms with Gasteiger partial charge < -0.3 is 15.0 Å². The van der Waals surface area contributed by atoms with E-state index in [-0.39, 0.29) is 18.9 Å². The number of para-hydroxylation sites is 1. The predicted octanol–water partition coefficient (Wildman–Crippen LogP) is 0.935. The van der Waals surface area contributed by atoms with E-state index in [9.17, 15) is 19.3 Å². The number of ether oxygens (including phenoxy) is 1. The Morgan fingerprint density at radius 2 is 2.14 bits per heavy atom. The molecule has 1 fully saturated rings. The summed E-state index contributed by atoms with van der Waals surface area (Å²) < 4.78 is 18.7. The van der Waals surface area contributed by atoms with E-state index in [2.05, 4.69) is 5.32 Å². The van der Waals surface area contributed by atoms with Crippen LogP contribution in [0, 0.1) is 15.9 Å². The highest BCUT2D eigenvalue weighted by molar-refractivity contribution is 5.76. The van der Waals surface area contributed by atoms with Crippen LogP contribution >= 0.6 is 0 Å². The molecule has 0 radical (unpaired) electrons. The van der Waals surface area contributed by atoms with E-state index in [0.717, 1.165) is 25.2 Å². The van der Waals surface area contributed by atoms with Crippen molar-refractivity contribution < 1.29 is 18.8 Å². The van der Waals surface area contributed by atoms with Crippen LogP contribution in [0.25, 0.3) is 0 Å². The van der Waals surface area contributed by atoms with Gasteiger partial charge in [-0.1, -0.05) is 6.07 Å². The van der Waals surface area contributed by atoms with Gasteiger partial charge in [0.15, 0.2) is 5.82 Å². The third kappa shape index (κ3) is 3.88. The van der Waals surface area contributed by atoms with Crippen molar-refractivity contribution in [3.05, 3.63) is 34.1 Å². The van der Waals surface area contributed by atoms with Crippen LogP contribution in [0.15, 0.2) is 18.2 Å². The second kappa shape index (κ2) is 6.98. The molecule has 1 saturated heterocycles. The fourth-order valence-corrected chi connectivity index (χ4v) is 2.10. The number of amides is 1. The molecule has 0 bridgehead atoms. The van der Waals surface area contributed by atoms with Gasteiger partial charge in [0.1, 0.15) is 0 Å². The molecule has 0 aliphatic carbocycles. The SMILES string of the molecule is O=C(CCOc1c(F)cccc1[N+](=O)[O-])N1CCNCC1. The summed E-state index contributed by atoms with van der Waals surface area (Å²) in [7, 11) is 0. The molecule has 1 aliphatic heterocycles. The molecular weight excluding hydrogens is 281 g/mol. The molecule has 0 saturated carbocycles. The summed E-state index contributed by atoms with van der Waals surface area (Å²) in [6, 6.07) is 3.49. The number of halogens is 1. The van der Waals surface area contributed by atoms with Crippen molar-refractivity contribution in [3.63, 3.8) is 0 Å². The van der Waals surface area contributed by atoms with Gasteiger partial charge in [-0.2, -0.15) is 0 Å². The molecule has 0 atom stereocenters. The van der Waals surface area contributed by atoms with Crippen LogP contribution in [0.4, 0.5) is 10.1 Å². The number of nitro groups is 1. The first-order valence-corrected chi connectivity index (χ1v) is 6.64. The van der Waals surface area contributed by atoms with Gasteiger partial charge in [0.2, 0.25) is 11.7 Å². The van der Waals surface area contributed by atoms with Crippen LogP contribution in [-0.2, 0) is 4.79 Å². The van der Waals surface area contributed by atoms with Gasteiger partial charge >= 0.3 is 5.69 Å². The molecule has 1 heterocycles. The standard InChI is InChI=1S/C13H16FN3O4/c14-10-2-1-3-11(17(19)20)13(10)21-9-4-12(18)16-7-5-15-6-8-16/h1-3,15H,4-9H2. The Balaban J connectivity index is 1.91. The number of benzene rings is 1. The number of carbonyl (C=O) groups is 1. The van der Waals surface area contributed by atoms with Crippen LogP contribution in [0.3, 0.4) is 0 Å². The molecule has 0 spiro atoms. The van der Waals surface area contributed by atoms with Gasteiger partial charge in [-0.15, -0.1) is 0 Å². The van der Waals surface area contributed by atoms with E-state index in [1.54, 1.807) is 4.90 Å². The molecule has 1 aromatic rings. The largest absolute Gasteiger partial charge is 0.484 e. The van der Waals surface area contributed by atoms with Crippen molar-refractivity contribution in [2.45, 2.75) is 6.42 Å². The average Bonchev–Trinajstić information content (AvgIpc) is 2.49. The van der Waals surface area contributed by atoms with Gasteiger partial charge in [-0.3, -0.25) is 14.9 Å². The van der Waals surface area contributed by atoms with Crippen molar-refractivity contribution >= 4 is 11.6 Å². The summed E-state index contributed by atoms with van der Waals surface area (Å²) >= 11 is 0. The number of rotatable bonds is 5. The normalized spacial score (nSPS) is 14.8. The van der Waals surface area contributed by atoms with Crippen LogP contribution in [0.1, 0.15) is 6.42 Å². The Labute approximate surface area is 120 Å². The number of hydrogen-bond donors (Lipinski definition) is 1. The maximum absolute atomic E-state index is 13.6. The number of hydrogen-bond acceptors (Lipinski definition) is 5. The lowest BCUT2D eigenvalue weighted by atomic mass is 10.3. The van der Waals surface area contributed by atoms with E-state index in [1.165, 1.54) is 6.07 Å². The third-order valence-corrected chi connectivity index (χ3v) is 3.17. The number of nitrogens with one attached hydrogen (secondary N) is 1. The van der Waals surface area contributed by atoms with Gasteiger partial charge in [0, 0.05) is 32.2 Å². The Bertz CT molecular complexity index is 532. The highest BCUT2D eigenvalue weighted by atomic mass is 19.1. The summed E-state index contributed by atoms with van der Waals surface area (Å²) in [5, 5.41) is 13.9. The second-order valence-corrected chi connectivity index (χ2v) is 4.57. The lowest BCUT2D eigenvalue weighted by Gasteiger charge is -2.27. The second-order valence-electron chi connectivity index (χ2n) is 4.57. The van der Waals surface area contributed by atoms with E-state index < -0.39 is 22.2 Å². The maximum Gasteiger partial charge on any atom is 0.314 e. The minimum Gasteiger partial charge on any atom is -0.484 e. The average molecular weight is 297 g/mol. The zero-order valence-electron chi connectivity index (χ0n) is 11.4. The molecule has 1 amide bonds. The lowest BCUT2D eigenvalue weighted by molar-refractivity contribution is -0.386. The van der Waals surface area contributed by atoms with Crippen molar-refractivity contribution in [2.24, 2.45) is 0 Å². The van der Waals surface area contributed by atoms with Crippen molar-refractivity contribution in [1.82, 2.24) is 10.2 Å². The molecular formula is C13H16FN3O4. The van der Waals surface area contributed by atoms with E-state index in [0.29, 0.717) is 13.1 Å². The molecule has 1 N–H and O–H groups in total. The fraction of sp³-hybridized carbons (Fsp3) is 0.462. The summed E-state index contributed by atoms with van der Waals surface area (Å²) in [6.07, 6.45) is 0.0610. The predicted molar refractivity (Wildman–Crippen MR) is 72.6 cm³/mol. The summed E-state index contributed by atoms with van der Waals surface area (Å²) in [5.74, 6) is -1.33. The van der Waals surface area contributed by atoms with Gasteiger partial charge in [0.05, 0.1) is 18.0 Å². The van der Waals surface area contributed by atoms with Crippen molar-refractivity contribution in [3.8, 4) is 5.75 Å². The number of nitro benzene ring substituents is 1. The fourth-order valence-electron chi connectivity index (χ4n) is 2.10. The summed E-state index contributed by atoms with van der Waals surface area (Å²) in [5.41, 5.74) is -0.440. The van der Waals surface area contributed by atoms with Crippen molar-refractivity contribution in [1.29, 1.82) is 0 Å². The molecule has 7 nitrogen and oxygen atoms in total. The molecule has 0 aromatic heterocycles. The number of carbonyl (C=O) groups excluding carboxylic acids is 1. The molecule has 2 rings (SSSR count). The van der Waals surface area contributed by atoms with E-state index >= 15 is 0 Å². The number of nitrogens with zero attached hydrogens (tertiary/aromatic N) is 2. The van der Waals surface area contributed by atoms with E-state index in [4.69, 9.17) is 4.74 Å². The molecule has 0 unspecified atom stereocenters. The first kappa shape index (κ1) is 15.2. The minimum atomic E-state index is -0.807. The maximum atomic E-state index is 13.6. The molecule has 1 aromatic carbocycles. The topological polar surface area (TPSA) is 84.7 Å². The molecule has 21 heavy (non-hydrogen) atoms. The zero-order valence-corrected chi connectivity index (χ0v) is 11.4. The molecule has 114 valence electrons. The minimum absolute atomic E-state index is 0.0610. The monoisotopic (exact) mass is 297 g/mol. The lowest BCUT2D eigenvalue weighted by Crippen LogP contribution is -2.46. The first-order chi connectivity index (χ1) is 10.1. The smallest absolute Gasteiger partial charge is 0.314 e. The van der Waals surface area contributed by atoms with Gasteiger partial charge in [-0.25, -0.2) is 4.39 Å². The van der Waals surface area contributed by atoms with Crippen LogP contribution in [0.5, 0.6) is 5.75 Å².